The second-order valence-electron chi connectivity index (χ2n) is 6.42. The number of rotatable bonds is 7. The summed E-state index contributed by atoms with van der Waals surface area (Å²) in [6.07, 6.45) is 0.698. The van der Waals surface area contributed by atoms with E-state index >= 15 is 0 Å². The number of anilines is 1. The summed E-state index contributed by atoms with van der Waals surface area (Å²) in [6.45, 7) is 5.99. The molecule has 0 unspecified atom stereocenters. The molecule has 3 aromatic heterocycles. The molecule has 4 aromatic rings. The Morgan fingerprint density at radius 1 is 1.20 bits per heavy atom. The van der Waals surface area contributed by atoms with Crippen LogP contribution in [0, 0.1) is 6.92 Å². The van der Waals surface area contributed by atoms with Crippen LogP contribution in [0.4, 0.5) is 5.00 Å². The van der Waals surface area contributed by atoms with E-state index in [4.69, 9.17) is 4.74 Å². The Labute approximate surface area is 185 Å². The van der Waals surface area contributed by atoms with Gasteiger partial charge < -0.3 is 10.1 Å². The molecule has 0 aliphatic heterocycles. The highest BCUT2D eigenvalue weighted by Crippen LogP contribution is 2.34. The molecule has 0 bridgehead atoms. The number of nitrogens with zero attached hydrogens (tertiary/aromatic N) is 3. The first-order valence-electron chi connectivity index (χ1n) is 9.48. The number of hydrogen-bond donors (Lipinski definition) is 1. The zero-order valence-electron chi connectivity index (χ0n) is 16.7. The normalized spacial score (nSPS) is 11.3. The third kappa shape index (κ3) is 3.82. The fourth-order valence-corrected chi connectivity index (χ4v) is 6.17. The Balaban J connectivity index is 1.52. The Kier molecular flexibility index (Phi) is 6.07. The fourth-order valence-electron chi connectivity index (χ4n) is 3.25. The monoisotopic (exact) mass is 460 g/mol. The van der Waals surface area contributed by atoms with Gasteiger partial charge in [0.25, 0.3) is 0 Å². The van der Waals surface area contributed by atoms with Gasteiger partial charge in [-0.15, -0.1) is 21.5 Å². The summed E-state index contributed by atoms with van der Waals surface area (Å²) >= 11 is 4.28. The average molecular weight is 461 g/mol. The standard InChI is InChI=1S/C20H20N4O3S3/c1-4-12-11(3)29-17(16(12)18(26)27-5-2)21-15(25)10-28-19-22-23-20-24(19)13-8-6-7-9-14(13)30-20/h6-9H,4-5,10H2,1-3H3,(H,21,25). The number of aromatic nitrogens is 3. The highest BCUT2D eigenvalue weighted by molar-refractivity contribution is 7.99. The molecule has 1 amide bonds. The topological polar surface area (TPSA) is 85.6 Å². The van der Waals surface area contributed by atoms with E-state index in [1.54, 1.807) is 18.3 Å². The van der Waals surface area contributed by atoms with Crippen LogP contribution in [0.3, 0.4) is 0 Å². The maximum absolute atomic E-state index is 12.7. The third-order valence-corrected chi connectivity index (χ3v) is 7.54. The van der Waals surface area contributed by atoms with E-state index in [2.05, 4.69) is 15.5 Å². The molecule has 1 aromatic carbocycles. The van der Waals surface area contributed by atoms with Gasteiger partial charge in [0.15, 0.2) is 5.16 Å². The van der Waals surface area contributed by atoms with Crippen molar-refractivity contribution in [1.82, 2.24) is 14.6 Å². The van der Waals surface area contributed by atoms with Crippen LogP contribution in [0.5, 0.6) is 0 Å². The van der Waals surface area contributed by atoms with Gasteiger partial charge in [-0.05, 0) is 38.0 Å². The lowest BCUT2D eigenvalue weighted by atomic mass is 10.1. The van der Waals surface area contributed by atoms with Gasteiger partial charge in [0.2, 0.25) is 10.9 Å². The van der Waals surface area contributed by atoms with Crippen molar-refractivity contribution in [3.63, 3.8) is 0 Å². The van der Waals surface area contributed by atoms with Crippen LogP contribution in [0.2, 0.25) is 0 Å². The third-order valence-electron chi connectivity index (χ3n) is 4.54. The van der Waals surface area contributed by atoms with Crippen molar-refractivity contribution in [2.24, 2.45) is 0 Å². The number of nitrogens with one attached hydrogen (secondary N) is 1. The van der Waals surface area contributed by atoms with Crippen LogP contribution >= 0.6 is 34.4 Å². The van der Waals surface area contributed by atoms with Crippen LogP contribution in [0.1, 0.15) is 34.6 Å². The molecule has 30 heavy (non-hydrogen) atoms. The van der Waals surface area contributed by atoms with E-state index < -0.39 is 5.97 Å². The number of carbonyl (C=O) groups excluding carboxylic acids is 2. The minimum absolute atomic E-state index is 0.158. The van der Waals surface area contributed by atoms with Gasteiger partial charge >= 0.3 is 5.97 Å². The molecule has 0 saturated carbocycles. The molecule has 7 nitrogen and oxygen atoms in total. The number of thiazole rings is 1. The summed E-state index contributed by atoms with van der Waals surface area (Å²) in [7, 11) is 0. The molecule has 10 heteroatoms. The second kappa shape index (κ2) is 8.75. The maximum Gasteiger partial charge on any atom is 0.341 e. The van der Waals surface area contributed by atoms with E-state index in [0.717, 1.165) is 25.6 Å². The number of thioether (sulfide) groups is 1. The molecule has 4 rings (SSSR count). The highest BCUT2D eigenvalue weighted by atomic mass is 32.2. The summed E-state index contributed by atoms with van der Waals surface area (Å²) < 4.78 is 8.28. The minimum Gasteiger partial charge on any atom is -0.462 e. The van der Waals surface area contributed by atoms with Crippen molar-refractivity contribution >= 4 is 66.5 Å². The van der Waals surface area contributed by atoms with Crippen LogP contribution < -0.4 is 5.32 Å². The van der Waals surface area contributed by atoms with E-state index in [9.17, 15) is 9.59 Å². The van der Waals surface area contributed by atoms with E-state index in [-0.39, 0.29) is 18.3 Å². The van der Waals surface area contributed by atoms with Gasteiger partial charge in [0.05, 0.1) is 28.1 Å². The Morgan fingerprint density at radius 3 is 2.77 bits per heavy atom. The summed E-state index contributed by atoms with van der Waals surface area (Å²) in [5.41, 5.74) is 2.41. The Morgan fingerprint density at radius 2 is 2.00 bits per heavy atom. The van der Waals surface area contributed by atoms with Crippen molar-refractivity contribution in [3.8, 4) is 0 Å². The first kappa shape index (κ1) is 20.8. The molecular weight excluding hydrogens is 440 g/mol. The van der Waals surface area contributed by atoms with Gasteiger partial charge in [0, 0.05) is 4.88 Å². The largest absolute Gasteiger partial charge is 0.462 e. The number of hydrogen-bond acceptors (Lipinski definition) is 8. The number of thiophene rings is 1. The summed E-state index contributed by atoms with van der Waals surface area (Å²) in [4.78, 5) is 26.9. The predicted molar refractivity (Wildman–Crippen MR) is 122 cm³/mol. The van der Waals surface area contributed by atoms with Crippen molar-refractivity contribution in [2.75, 3.05) is 17.7 Å². The fraction of sp³-hybridized carbons (Fsp3) is 0.300. The van der Waals surface area contributed by atoms with E-state index in [1.165, 1.54) is 23.1 Å². The number of benzene rings is 1. The molecule has 3 heterocycles. The molecule has 1 N–H and O–H groups in total. The van der Waals surface area contributed by atoms with E-state index in [1.807, 2.05) is 42.5 Å². The van der Waals surface area contributed by atoms with Crippen molar-refractivity contribution in [3.05, 3.63) is 40.3 Å². The lowest BCUT2D eigenvalue weighted by Crippen LogP contribution is -2.17. The van der Waals surface area contributed by atoms with Crippen LogP contribution in [-0.2, 0) is 16.0 Å². The molecule has 0 aliphatic rings. The van der Waals surface area contributed by atoms with Gasteiger partial charge in [-0.2, -0.15) is 0 Å². The van der Waals surface area contributed by atoms with Crippen molar-refractivity contribution < 1.29 is 14.3 Å². The van der Waals surface area contributed by atoms with Crippen LogP contribution in [0.25, 0.3) is 15.2 Å². The van der Waals surface area contributed by atoms with Crippen molar-refractivity contribution in [1.29, 1.82) is 0 Å². The molecule has 0 atom stereocenters. The first-order chi connectivity index (χ1) is 14.5. The number of para-hydroxylation sites is 1. The molecule has 0 spiro atoms. The number of fused-ring (bicyclic) bond motifs is 3. The smallest absolute Gasteiger partial charge is 0.341 e. The van der Waals surface area contributed by atoms with Gasteiger partial charge in [0.1, 0.15) is 5.00 Å². The number of esters is 1. The summed E-state index contributed by atoms with van der Waals surface area (Å²) in [5.74, 6) is -0.442. The molecule has 0 fully saturated rings. The molecular formula is C20H20N4O3S3. The number of carbonyl (C=O) groups is 2. The number of ether oxygens (including phenoxy) is 1. The molecule has 0 saturated heterocycles. The number of aryl methyl sites for hydroxylation is 1. The van der Waals surface area contributed by atoms with Gasteiger partial charge in [-0.3, -0.25) is 9.20 Å². The lowest BCUT2D eigenvalue weighted by molar-refractivity contribution is -0.113. The first-order valence-corrected chi connectivity index (χ1v) is 12.1. The Hall–Kier alpha value is -2.43. The number of amides is 1. The van der Waals surface area contributed by atoms with Crippen LogP contribution in [-0.4, -0.2) is 38.8 Å². The SMILES string of the molecule is CCOC(=O)c1c(NC(=O)CSc2nnc3sc4ccccc4n23)sc(C)c1CC. The zero-order valence-corrected chi connectivity index (χ0v) is 19.2. The molecule has 0 radical (unpaired) electrons. The zero-order chi connectivity index (χ0) is 21.3. The van der Waals surface area contributed by atoms with E-state index in [0.29, 0.717) is 22.1 Å². The minimum atomic E-state index is -0.398. The lowest BCUT2D eigenvalue weighted by Gasteiger charge is -2.07. The molecule has 0 aliphatic carbocycles. The molecule has 156 valence electrons. The average Bonchev–Trinajstić information content (AvgIpc) is 3.38. The highest BCUT2D eigenvalue weighted by Gasteiger charge is 2.23. The summed E-state index contributed by atoms with van der Waals surface area (Å²) in [5, 5.41) is 12.5. The maximum atomic E-state index is 12.7. The van der Waals surface area contributed by atoms with Crippen LogP contribution in [0.15, 0.2) is 29.4 Å². The van der Waals surface area contributed by atoms with Gasteiger partial charge in [-0.1, -0.05) is 42.2 Å². The quantitative estimate of drug-likeness (QED) is 0.315. The van der Waals surface area contributed by atoms with Crippen molar-refractivity contribution in [2.45, 2.75) is 32.3 Å². The predicted octanol–water partition coefficient (Wildman–Crippen LogP) is 4.78. The summed E-state index contributed by atoms with van der Waals surface area (Å²) in [6, 6.07) is 8.01. The van der Waals surface area contributed by atoms with Gasteiger partial charge in [-0.25, -0.2) is 4.79 Å². The second-order valence-corrected chi connectivity index (χ2v) is 9.60. The Bertz CT molecular complexity index is 1240.